The highest BCUT2D eigenvalue weighted by atomic mass is 32.2. The topological polar surface area (TPSA) is 142 Å². The minimum atomic E-state index is -3.83. The van der Waals surface area contributed by atoms with Gasteiger partial charge in [-0.15, -0.1) is 0 Å². The van der Waals surface area contributed by atoms with E-state index in [0.29, 0.717) is 17.5 Å². The molecule has 0 aliphatic heterocycles. The second-order valence-corrected chi connectivity index (χ2v) is 10.2. The van der Waals surface area contributed by atoms with E-state index in [2.05, 4.69) is 44.8 Å². The van der Waals surface area contributed by atoms with Gasteiger partial charge in [0.2, 0.25) is 16.0 Å². The fourth-order valence-electron chi connectivity index (χ4n) is 3.98. The normalized spacial score (nSPS) is 12.4. The Morgan fingerprint density at radius 2 is 1.84 bits per heavy atom. The van der Waals surface area contributed by atoms with Crippen molar-refractivity contribution in [3.63, 3.8) is 0 Å². The van der Waals surface area contributed by atoms with Crippen molar-refractivity contribution in [3.05, 3.63) is 97.0 Å². The quantitative estimate of drug-likeness (QED) is 0.216. The largest absolute Gasteiger partial charge is 0.345 e. The molecule has 0 amide bonds. The van der Waals surface area contributed by atoms with Gasteiger partial charge in [-0.1, -0.05) is 36.4 Å². The summed E-state index contributed by atoms with van der Waals surface area (Å²) in [6.07, 6.45) is 4.10. The van der Waals surface area contributed by atoms with Crippen LogP contribution in [0.3, 0.4) is 0 Å². The smallest absolute Gasteiger partial charge is 0.238 e. The molecule has 0 saturated heterocycles. The van der Waals surface area contributed by atoms with Crippen LogP contribution in [0.1, 0.15) is 12.5 Å². The molecule has 0 spiro atoms. The lowest BCUT2D eigenvalue weighted by molar-refractivity contribution is 0.551. The average Bonchev–Trinajstić information content (AvgIpc) is 3.36. The zero-order chi connectivity index (χ0) is 25.8. The predicted molar refractivity (Wildman–Crippen MR) is 144 cm³/mol. The Labute approximate surface area is 214 Å². The Morgan fingerprint density at radius 3 is 2.65 bits per heavy atom. The van der Waals surface area contributed by atoms with Gasteiger partial charge in [-0.3, -0.25) is 5.01 Å². The Hall–Kier alpha value is -4.32. The van der Waals surface area contributed by atoms with E-state index < -0.39 is 10.0 Å². The van der Waals surface area contributed by atoms with Crippen LogP contribution >= 0.6 is 0 Å². The lowest BCUT2D eigenvalue weighted by Gasteiger charge is -2.28. The Morgan fingerprint density at radius 1 is 1.00 bits per heavy atom. The van der Waals surface area contributed by atoms with Crippen molar-refractivity contribution in [2.75, 3.05) is 10.3 Å². The molecule has 2 aromatic heterocycles. The molecule has 0 aliphatic carbocycles. The Kier molecular flexibility index (Phi) is 6.82. The van der Waals surface area contributed by atoms with Gasteiger partial charge < -0.3 is 10.3 Å². The number of anilines is 4. The first kappa shape index (κ1) is 24.4. The van der Waals surface area contributed by atoms with E-state index in [1.54, 1.807) is 30.7 Å². The molecule has 5 aromatic rings. The molecule has 3 aromatic carbocycles. The first-order chi connectivity index (χ1) is 17.8. The van der Waals surface area contributed by atoms with Crippen LogP contribution in [-0.4, -0.2) is 34.4 Å². The lowest BCUT2D eigenvalue weighted by atomic mass is 10.1. The third-order valence-corrected chi connectivity index (χ3v) is 6.60. The summed E-state index contributed by atoms with van der Waals surface area (Å²) in [5.74, 6) is 0.896. The van der Waals surface area contributed by atoms with Crippen molar-refractivity contribution >= 4 is 44.2 Å². The van der Waals surface area contributed by atoms with Crippen LogP contribution < -0.4 is 20.9 Å². The number of hydrazine groups is 1. The molecule has 188 valence electrons. The number of sulfonamides is 1. The highest BCUT2D eigenvalue weighted by Gasteiger charge is 2.17. The van der Waals surface area contributed by atoms with Crippen LogP contribution in [0.15, 0.2) is 96.3 Å². The predicted octanol–water partition coefficient (Wildman–Crippen LogP) is 4.02. The molecule has 1 atom stereocenters. The summed E-state index contributed by atoms with van der Waals surface area (Å²) < 4.78 is 23.5. The third kappa shape index (κ3) is 5.92. The van der Waals surface area contributed by atoms with Crippen molar-refractivity contribution < 1.29 is 8.42 Å². The molecule has 0 radical (unpaired) electrons. The molecule has 0 saturated carbocycles. The van der Waals surface area contributed by atoms with Crippen molar-refractivity contribution in [1.29, 1.82) is 0 Å². The number of rotatable bonds is 9. The van der Waals surface area contributed by atoms with Gasteiger partial charge in [-0.25, -0.2) is 29.0 Å². The summed E-state index contributed by atoms with van der Waals surface area (Å²) in [4.78, 5) is 16.5. The molecule has 0 bridgehead atoms. The van der Waals surface area contributed by atoms with Crippen molar-refractivity contribution in [2.24, 2.45) is 5.14 Å². The number of H-pyrrole nitrogens is 1. The number of aromatic nitrogens is 4. The molecule has 0 aliphatic rings. The number of nitrogens with one attached hydrogen (secondary N) is 3. The fraction of sp³-hybridized carbons (Fsp3) is 0.115. The number of nitrogens with two attached hydrogens (primary N) is 1. The maximum Gasteiger partial charge on any atom is 0.238 e. The molecule has 0 fully saturated rings. The second kappa shape index (κ2) is 10.3. The standard InChI is InChI=1S/C26H26N8O2S/c1-18(14-19-6-3-2-4-7-19)33-34(21-10-11-23-24(16-21)30-17-29-23)25-12-13-28-26(32-25)31-20-8-5-9-22(15-20)37(27,35)36/h2-13,15-18,33H,14H2,1H3,(H,29,30)(H2,27,35,36)(H,28,31,32). The summed E-state index contributed by atoms with van der Waals surface area (Å²) in [7, 11) is -3.83. The van der Waals surface area contributed by atoms with Crippen LogP contribution in [-0.2, 0) is 16.4 Å². The monoisotopic (exact) mass is 514 g/mol. The number of benzene rings is 3. The van der Waals surface area contributed by atoms with E-state index in [9.17, 15) is 8.42 Å². The zero-order valence-corrected chi connectivity index (χ0v) is 20.9. The van der Waals surface area contributed by atoms with Crippen LogP contribution in [0.5, 0.6) is 0 Å². The first-order valence-corrected chi connectivity index (χ1v) is 13.2. The molecule has 5 rings (SSSR count). The molecular weight excluding hydrogens is 488 g/mol. The first-order valence-electron chi connectivity index (χ1n) is 11.6. The SMILES string of the molecule is CC(Cc1ccccc1)NN(c1ccc2nc[nH]c2c1)c1ccnc(Nc2cccc(S(N)(=O)=O)c2)n1. The summed E-state index contributed by atoms with van der Waals surface area (Å²) in [6, 6.07) is 24.2. The number of hydrogen-bond acceptors (Lipinski definition) is 8. The maximum absolute atomic E-state index is 11.7. The van der Waals surface area contributed by atoms with Gasteiger partial charge in [-0.05, 0) is 55.3 Å². The number of primary sulfonamides is 1. The van der Waals surface area contributed by atoms with Crippen LogP contribution in [0.25, 0.3) is 11.0 Å². The maximum atomic E-state index is 11.7. The van der Waals surface area contributed by atoms with Crippen molar-refractivity contribution in [2.45, 2.75) is 24.3 Å². The van der Waals surface area contributed by atoms with E-state index >= 15 is 0 Å². The minimum absolute atomic E-state index is 0.000422. The number of nitrogens with zero attached hydrogens (tertiary/aromatic N) is 4. The fourth-order valence-corrected chi connectivity index (χ4v) is 4.54. The van der Waals surface area contributed by atoms with Gasteiger partial charge in [0.25, 0.3) is 0 Å². The highest BCUT2D eigenvalue weighted by Crippen LogP contribution is 2.26. The molecule has 2 heterocycles. The third-order valence-electron chi connectivity index (χ3n) is 5.68. The summed E-state index contributed by atoms with van der Waals surface area (Å²) in [5, 5.41) is 10.2. The van der Waals surface area contributed by atoms with Gasteiger partial charge >= 0.3 is 0 Å². The Balaban J connectivity index is 1.46. The summed E-state index contributed by atoms with van der Waals surface area (Å²) in [6.45, 7) is 2.10. The van der Waals surface area contributed by atoms with Gasteiger partial charge in [-0.2, -0.15) is 4.98 Å². The van der Waals surface area contributed by atoms with Gasteiger partial charge in [0, 0.05) is 24.0 Å². The summed E-state index contributed by atoms with van der Waals surface area (Å²) >= 11 is 0. The van der Waals surface area contributed by atoms with E-state index in [1.807, 2.05) is 41.4 Å². The molecule has 1 unspecified atom stereocenters. The molecule has 5 N–H and O–H groups in total. The molecule has 10 nitrogen and oxygen atoms in total. The number of aromatic amines is 1. The van der Waals surface area contributed by atoms with E-state index in [4.69, 9.17) is 10.1 Å². The van der Waals surface area contributed by atoms with Crippen LogP contribution in [0.4, 0.5) is 23.1 Å². The van der Waals surface area contributed by atoms with Crippen molar-refractivity contribution in [1.82, 2.24) is 25.4 Å². The van der Waals surface area contributed by atoms with Gasteiger partial charge in [0.15, 0.2) is 5.82 Å². The van der Waals surface area contributed by atoms with Crippen LogP contribution in [0.2, 0.25) is 0 Å². The highest BCUT2D eigenvalue weighted by molar-refractivity contribution is 7.89. The van der Waals surface area contributed by atoms with E-state index in [-0.39, 0.29) is 10.9 Å². The van der Waals surface area contributed by atoms with Crippen LogP contribution in [0, 0.1) is 0 Å². The zero-order valence-electron chi connectivity index (χ0n) is 20.0. The van der Waals surface area contributed by atoms with E-state index in [0.717, 1.165) is 23.1 Å². The number of hydrogen-bond donors (Lipinski definition) is 4. The summed E-state index contributed by atoms with van der Waals surface area (Å²) in [5.41, 5.74) is 7.89. The molecule has 11 heteroatoms. The Bertz CT molecular complexity index is 1620. The lowest BCUT2D eigenvalue weighted by Crippen LogP contribution is -2.42. The van der Waals surface area contributed by atoms with Crippen molar-refractivity contribution in [3.8, 4) is 0 Å². The average molecular weight is 515 g/mol. The van der Waals surface area contributed by atoms with Gasteiger partial charge in [0.05, 0.1) is 27.9 Å². The molecule has 37 heavy (non-hydrogen) atoms. The van der Waals surface area contributed by atoms with E-state index in [1.165, 1.54) is 17.7 Å². The minimum Gasteiger partial charge on any atom is -0.345 e. The number of fused-ring (bicyclic) bond motifs is 1. The van der Waals surface area contributed by atoms with Gasteiger partial charge in [0.1, 0.15) is 0 Å². The number of imidazole rings is 1. The second-order valence-electron chi connectivity index (χ2n) is 8.60. The molecular formula is C26H26N8O2S.